The molecule has 0 atom stereocenters. The van der Waals surface area contributed by atoms with Gasteiger partial charge in [0.1, 0.15) is 11.6 Å². The number of carbonyl (C=O) groups excluding carboxylic acids is 2. The summed E-state index contributed by atoms with van der Waals surface area (Å²) < 4.78 is 18.0. The highest BCUT2D eigenvalue weighted by Gasteiger charge is 2.06. The lowest BCUT2D eigenvalue weighted by Crippen LogP contribution is -2.35. The van der Waals surface area contributed by atoms with E-state index >= 15 is 0 Å². The Balaban J connectivity index is 1.78. The summed E-state index contributed by atoms with van der Waals surface area (Å²) in [5.74, 6) is -0.166. The van der Waals surface area contributed by atoms with Crippen LogP contribution in [0.2, 0.25) is 0 Å². The van der Waals surface area contributed by atoms with Crippen molar-refractivity contribution < 1.29 is 18.7 Å². The number of urea groups is 1. The lowest BCUT2D eigenvalue weighted by Gasteiger charge is -2.09. The van der Waals surface area contributed by atoms with Gasteiger partial charge in [-0.05, 0) is 42.5 Å². The summed E-state index contributed by atoms with van der Waals surface area (Å²) in [4.78, 5) is 23.4. The molecule has 0 bridgehead atoms. The summed E-state index contributed by atoms with van der Waals surface area (Å²) in [5.41, 5.74) is 0.890. The molecule has 2 rings (SSSR count). The fourth-order valence-electron chi connectivity index (χ4n) is 1.78. The van der Waals surface area contributed by atoms with Gasteiger partial charge in [-0.25, -0.2) is 9.18 Å². The molecule has 0 aliphatic carbocycles. The molecular formula is C16H16FN3O3. The van der Waals surface area contributed by atoms with Crippen molar-refractivity contribution in [2.75, 3.05) is 24.3 Å². The molecule has 23 heavy (non-hydrogen) atoms. The zero-order valence-corrected chi connectivity index (χ0v) is 12.4. The molecule has 0 radical (unpaired) electrons. The van der Waals surface area contributed by atoms with Crippen LogP contribution in [0.3, 0.4) is 0 Å². The third-order valence-corrected chi connectivity index (χ3v) is 2.87. The highest BCUT2D eigenvalue weighted by atomic mass is 19.1. The van der Waals surface area contributed by atoms with E-state index in [-0.39, 0.29) is 12.5 Å². The van der Waals surface area contributed by atoms with Crippen molar-refractivity contribution in [2.45, 2.75) is 0 Å². The molecule has 0 aliphatic rings. The van der Waals surface area contributed by atoms with Gasteiger partial charge in [-0.15, -0.1) is 0 Å². The average molecular weight is 317 g/mol. The molecule has 0 heterocycles. The monoisotopic (exact) mass is 317 g/mol. The number of halogens is 1. The van der Waals surface area contributed by atoms with Gasteiger partial charge < -0.3 is 20.7 Å². The van der Waals surface area contributed by atoms with Gasteiger partial charge in [0.05, 0.1) is 13.7 Å². The largest absolute Gasteiger partial charge is 0.497 e. The lowest BCUT2D eigenvalue weighted by molar-refractivity contribution is -0.115. The number of anilines is 2. The van der Waals surface area contributed by atoms with Crippen LogP contribution in [-0.2, 0) is 4.79 Å². The van der Waals surface area contributed by atoms with Crippen molar-refractivity contribution in [2.24, 2.45) is 0 Å². The Labute approximate surface area is 132 Å². The molecule has 0 aromatic heterocycles. The molecule has 0 saturated heterocycles. The number of rotatable bonds is 5. The summed E-state index contributed by atoms with van der Waals surface area (Å²) in [6, 6.07) is 11.6. The van der Waals surface area contributed by atoms with E-state index in [1.165, 1.54) is 18.2 Å². The molecule has 2 aromatic rings. The van der Waals surface area contributed by atoms with E-state index in [4.69, 9.17) is 4.74 Å². The number of nitrogens with one attached hydrogen (secondary N) is 3. The van der Waals surface area contributed by atoms with Crippen molar-refractivity contribution in [3.05, 3.63) is 54.3 Å². The standard InChI is InChI=1S/C16H16FN3O3/c1-23-14-7-5-12(6-8-14)19-15(21)10-18-16(22)20-13-4-2-3-11(17)9-13/h2-9H,10H2,1H3,(H,19,21)(H2,18,20,22). The van der Waals surface area contributed by atoms with Crippen LogP contribution < -0.4 is 20.7 Å². The first-order valence-corrected chi connectivity index (χ1v) is 6.81. The Hall–Kier alpha value is -3.09. The smallest absolute Gasteiger partial charge is 0.319 e. The first-order chi connectivity index (χ1) is 11.1. The zero-order valence-electron chi connectivity index (χ0n) is 12.4. The lowest BCUT2D eigenvalue weighted by atomic mass is 10.3. The van der Waals surface area contributed by atoms with Crippen molar-refractivity contribution in [3.63, 3.8) is 0 Å². The number of methoxy groups -OCH3 is 1. The molecule has 0 fully saturated rings. The molecular weight excluding hydrogens is 301 g/mol. The molecule has 3 amide bonds. The topological polar surface area (TPSA) is 79.5 Å². The van der Waals surface area contributed by atoms with Crippen LogP contribution in [0.15, 0.2) is 48.5 Å². The fourth-order valence-corrected chi connectivity index (χ4v) is 1.78. The van der Waals surface area contributed by atoms with Gasteiger partial charge in [-0.1, -0.05) is 6.07 Å². The van der Waals surface area contributed by atoms with Crippen LogP contribution in [0.25, 0.3) is 0 Å². The van der Waals surface area contributed by atoms with Gasteiger partial charge >= 0.3 is 6.03 Å². The van der Waals surface area contributed by atoms with E-state index in [1.807, 2.05) is 0 Å². The highest BCUT2D eigenvalue weighted by Crippen LogP contribution is 2.14. The van der Waals surface area contributed by atoms with Gasteiger partial charge in [0, 0.05) is 11.4 Å². The second-order valence-corrected chi connectivity index (χ2v) is 4.59. The van der Waals surface area contributed by atoms with Gasteiger partial charge in [-0.2, -0.15) is 0 Å². The average Bonchev–Trinajstić information content (AvgIpc) is 2.54. The molecule has 7 heteroatoms. The Morgan fingerprint density at radius 1 is 1.04 bits per heavy atom. The van der Waals surface area contributed by atoms with Crippen molar-refractivity contribution in [1.29, 1.82) is 0 Å². The molecule has 0 unspecified atom stereocenters. The number of hydrogen-bond acceptors (Lipinski definition) is 3. The Kier molecular flexibility index (Phi) is 5.51. The number of carbonyl (C=O) groups is 2. The van der Waals surface area contributed by atoms with Crippen LogP contribution in [-0.4, -0.2) is 25.6 Å². The molecule has 120 valence electrons. The number of benzene rings is 2. The van der Waals surface area contributed by atoms with Gasteiger partial charge in [0.15, 0.2) is 0 Å². The Morgan fingerprint density at radius 2 is 1.78 bits per heavy atom. The highest BCUT2D eigenvalue weighted by molar-refractivity contribution is 5.96. The Morgan fingerprint density at radius 3 is 2.43 bits per heavy atom. The third kappa shape index (κ3) is 5.31. The normalized spacial score (nSPS) is 9.83. The van der Waals surface area contributed by atoms with E-state index < -0.39 is 11.8 Å². The fraction of sp³-hybridized carbons (Fsp3) is 0.125. The van der Waals surface area contributed by atoms with Crippen molar-refractivity contribution in [1.82, 2.24) is 5.32 Å². The maximum absolute atomic E-state index is 13.0. The molecule has 0 saturated carbocycles. The minimum absolute atomic E-state index is 0.215. The molecule has 2 aromatic carbocycles. The van der Waals surface area contributed by atoms with E-state index in [1.54, 1.807) is 37.4 Å². The van der Waals surface area contributed by atoms with E-state index in [0.717, 1.165) is 0 Å². The predicted molar refractivity (Wildman–Crippen MR) is 85.0 cm³/mol. The Bertz CT molecular complexity index is 689. The first kappa shape index (κ1) is 16.3. The summed E-state index contributed by atoms with van der Waals surface area (Å²) in [6.07, 6.45) is 0. The number of amides is 3. The van der Waals surface area contributed by atoms with Gasteiger partial charge in [0.25, 0.3) is 0 Å². The number of hydrogen-bond donors (Lipinski definition) is 3. The maximum Gasteiger partial charge on any atom is 0.319 e. The second kappa shape index (κ2) is 7.79. The van der Waals surface area contributed by atoms with Crippen LogP contribution in [0.1, 0.15) is 0 Å². The van der Waals surface area contributed by atoms with Crippen molar-refractivity contribution >= 4 is 23.3 Å². The SMILES string of the molecule is COc1ccc(NC(=O)CNC(=O)Nc2cccc(F)c2)cc1. The van der Waals surface area contributed by atoms with E-state index in [2.05, 4.69) is 16.0 Å². The third-order valence-electron chi connectivity index (χ3n) is 2.87. The number of ether oxygens (including phenoxy) is 1. The summed E-state index contributed by atoms with van der Waals surface area (Å²) in [7, 11) is 1.55. The quantitative estimate of drug-likeness (QED) is 0.793. The minimum Gasteiger partial charge on any atom is -0.497 e. The summed E-state index contributed by atoms with van der Waals surface area (Å²) >= 11 is 0. The van der Waals surface area contributed by atoms with Crippen LogP contribution >= 0.6 is 0 Å². The van der Waals surface area contributed by atoms with Crippen LogP contribution in [0.5, 0.6) is 5.75 Å². The maximum atomic E-state index is 13.0. The molecule has 0 aliphatic heterocycles. The minimum atomic E-state index is -0.597. The van der Waals surface area contributed by atoms with E-state index in [0.29, 0.717) is 17.1 Å². The van der Waals surface area contributed by atoms with E-state index in [9.17, 15) is 14.0 Å². The molecule has 0 spiro atoms. The van der Waals surface area contributed by atoms with Crippen LogP contribution in [0.4, 0.5) is 20.6 Å². The second-order valence-electron chi connectivity index (χ2n) is 4.59. The van der Waals surface area contributed by atoms with Gasteiger partial charge in [0.2, 0.25) is 5.91 Å². The first-order valence-electron chi connectivity index (χ1n) is 6.81. The predicted octanol–water partition coefficient (Wildman–Crippen LogP) is 2.59. The molecule has 3 N–H and O–H groups in total. The van der Waals surface area contributed by atoms with Gasteiger partial charge in [-0.3, -0.25) is 4.79 Å². The summed E-state index contributed by atoms with van der Waals surface area (Å²) in [5, 5.41) is 7.44. The molecule has 6 nitrogen and oxygen atoms in total. The van der Waals surface area contributed by atoms with Crippen molar-refractivity contribution in [3.8, 4) is 5.75 Å². The zero-order chi connectivity index (χ0) is 16.7. The summed E-state index contributed by atoms with van der Waals surface area (Å²) in [6.45, 7) is -0.215. The van der Waals surface area contributed by atoms with Crippen LogP contribution in [0, 0.1) is 5.82 Å².